The Kier molecular flexibility index (Phi) is 3.77. The third kappa shape index (κ3) is 2.81. The van der Waals surface area contributed by atoms with Crippen LogP contribution in [-0.2, 0) is 0 Å². The summed E-state index contributed by atoms with van der Waals surface area (Å²) in [4.78, 5) is 14.1. The maximum atomic E-state index is 10.9. The third-order valence-electron chi connectivity index (χ3n) is 2.43. The predicted molar refractivity (Wildman–Crippen MR) is 68.7 cm³/mol. The van der Waals surface area contributed by atoms with Crippen molar-refractivity contribution in [3.05, 3.63) is 52.3 Å². The van der Waals surface area contributed by atoms with Gasteiger partial charge < -0.3 is 9.47 Å². The van der Waals surface area contributed by atoms with Crippen LogP contribution in [0.15, 0.2) is 36.5 Å². The molecule has 0 saturated carbocycles. The molecule has 100 valence electrons. The van der Waals surface area contributed by atoms with Gasteiger partial charge in [0.1, 0.15) is 23.3 Å². The highest BCUT2D eigenvalue weighted by atomic mass is 16.6. The molecular formula is C13H9N3O4. The minimum absolute atomic E-state index is 0.148. The summed E-state index contributed by atoms with van der Waals surface area (Å²) in [6, 6.07) is 9.11. The number of ether oxygens (including phenoxy) is 2. The van der Waals surface area contributed by atoms with Crippen LogP contribution in [0.5, 0.6) is 17.2 Å². The lowest BCUT2D eigenvalue weighted by molar-refractivity contribution is -0.385. The fourth-order valence-corrected chi connectivity index (χ4v) is 1.55. The van der Waals surface area contributed by atoms with Gasteiger partial charge in [-0.05, 0) is 18.2 Å². The van der Waals surface area contributed by atoms with Gasteiger partial charge in [-0.25, -0.2) is 4.98 Å². The first-order valence-electron chi connectivity index (χ1n) is 5.50. The number of hydrogen-bond donors (Lipinski definition) is 0. The third-order valence-corrected chi connectivity index (χ3v) is 2.43. The molecule has 0 aliphatic rings. The molecule has 0 unspecified atom stereocenters. The van der Waals surface area contributed by atoms with Gasteiger partial charge in [0.15, 0.2) is 5.75 Å². The van der Waals surface area contributed by atoms with E-state index < -0.39 is 4.92 Å². The molecule has 0 saturated heterocycles. The number of nitriles is 1. The number of nitro benzene ring substituents is 1. The zero-order valence-corrected chi connectivity index (χ0v) is 10.4. The molecule has 0 aliphatic heterocycles. The van der Waals surface area contributed by atoms with Gasteiger partial charge in [0.05, 0.1) is 18.1 Å². The highest BCUT2D eigenvalue weighted by Crippen LogP contribution is 2.32. The van der Waals surface area contributed by atoms with Gasteiger partial charge in [0.25, 0.3) is 0 Å². The molecule has 1 heterocycles. The average Bonchev–Trinajstić information content (AvgIpc) is 2.47. The van der Waals surface area contributed by atoms with Crippen LogP contribution in [-0.4, -0.2) is 17.0 Å². The average molecular weight is 271 g/mol. The molecule has 0 fully saturated rings. The van der Waals surface area contributed by atoms with E-state index in [1.54, 1.807) is 6.07 Å². The number of benzene rings is 1. The molecule has 0 spiro atoms. The number of hydrogen-bond acceptors (Lipinski definition) is 6. The summed E-state index contributed by atoms with van der Waals surface area (Å²) < 4.78 is 10.4. The second kappa shape index (κ2) is 5.67. The van der Waals surface area contributed by atoms with Crippen LogP contribution in [0.4, 0.5) is 5.69 Å². The van der Waals surface area contributed by atoms with Crippen molar-refractivity contribution in [2.75, 3.05) is 7.11 Å². The molecule has 0 amide bonds. The lowest BCUT2D eigenvalue weighted by Crippen LogP contribution is -1.94. The Morgan fingerprint density at radius 3 is 2.70 bits per heavy atom. The van der Waals surface area contributed by atoms with E-state index in [0.717, 1.165) is 0 Å². The molecule has 0 N–H and O–H groups in total. The van der Waals surface area contributed by atoms with E-state index in [1.165, 1.54) is 37.6 Å². The Balaban J connectivity index is 2.32. The smallest absolute Gasteiger partial charge is 0.314 e. The summed E-state index contributed by atoms with van der Waals surface area (Å²) in [5, 5.41) is 19.6. The predicted octanol–water partition coefficient (Wildman–Crippen LogP) is 2.66. The Bertz CT molecular complexity index is 694. The summed E-state index contributed by atoms with van der Waals surface area (Å²) in [5.74, 6) is 0.790. The Morgan fingerprint density at radius 1 is 1.30 bits per heavy atom. The topological polar surface area (TPSA) is 98.3 Å². The van der Waals surface area contributed by atoms with Gasteiger partial charge in [-0.2, -0.15) is 5.26 Å². The van der Waals surface area contributed by atoms with Crippen molar-refractivity contribution in [1.29, 1.82) is 5.26 Å². The zero-order valence-electron chi connectivity index (χ0n) is 10.4. The summed E-state index contributed by atoms with van der Waals surface area (Å²) in [5.41, 5.74) is 0.00470. The molecule has 0 bridgehead atoms. The van der Waals surface area contributed by atoms with Crippen molar-refractivity contribution in [2.24, 2.45) is 0 Å². The maximum absolute atomic E-state index is 10.9. The van der Waals surface area contributed by atoms with E-state index in [0.29, 0.717) is 5.75 Å². The van der Waals surface area contributed by atoms with Crippen LogP contribution in [0.3, 0.4) is 0 Å². The fourth-order valence-electron chi connectivity index (χ4n) is 1.55. The summed E-state index contributed by atoms with van der Waals surface area (Å²) >= 11 is 0. The number of nitrogens with zero attached hydrogens (tertiary/aromatic N) is 3. The van der Waals surface area contributed by atoms with Crippen molar-refractivity contribution in [3.8, 4) is 23.3 Å². The van der Waals surface area contributed by atoms with Gasteiger partial charge in [0.2, 0.25) is 0 Å². The van der Waals surface area contributed by atoms with Crippen molar-refractivity contribution in [2.45, 2.75) is 0 Å². The highest BCUT2D eigenvalue weighted by molar-refractivity contribution is 5.51. The van der Waals surface area contributed by atoms with Gasteiger partial charge in [0, 0.05) is 12.3 Å². The molecule has 2 aromatic rings. The first-order chi connectivity index (χ1) is 9.63. The first kappa shape index (κ1) is 13.3. The molecule has 0 atom stereocenters. The number of pyridine rings is 1. The second-order valence-corrected chi connectivity index (χ2v) is 3.68. The number of aromatic nitrogens is 1. The van der Waals surface area contributed by atoms with Crippen molar-refractivity contribution < 1.29 is 14.4 Å². The molecule has 1 aromatic heterocycles. The lowest BCUT2D eigenvalue weighted by atomic mass is 10.2. The summed E-state index contributed by atoms with van der Waals surface area (Å²) in [6.45, 7) is 0. The van der Waals surface area contributed by atoms with E-state index in [-0.39, 0.29) is 22.9 Å². The van der Waals surface area contributed by atoms with Crippen molar-refractivity contribution in [1.82, 2.24) is 4.98 Å². The summed E-state index contributed by atoms with van der Waals surface area (Å²) in [7, 11) is 1.35. The number of methoxy groups -OCH3 is 1. The number of rotatable bonds is 4. The van der Waals surface area contributed by atoms with E-state index in [9.17, 15) is 10.1 Å². The quantitative estimate of drug-likeness (QED) is 0.626. The molecule has 0 aliphatic carbocycles. The SMILES string of the molecule is COc1ccc(Oc2ccnc(C#N)c2)cc1[N+](=O)[O-]. The van der Waals surface area contributed by atoms with E-state index in [4.69, 9.17) is 14.7 Å². The maximum Gasteiger partial charge on any atom is 0.314 e. The molecule has 7 nitrogen and oxygen atoms in total. The van der Waals surface area contributed by atoms with E-state index in [1.807, 2.05) is 6.07 Å². The van der Waals surface area contributed by atoms with Crippen LogP contribution in [0.2, 0.25) is 0 Å². The van der Waals surface area contributed by atoms with Crippen LogP contribution in [0, 0.1) is 21.4 Å². The zero-order chi connectivity index (χ0) is 14.5. The lowest BCUT2D eigenvalue weighted by Gasteiger charge is -2.07. The summed E-state index contributed by atoms with van der Waals surface area (Å²) in [6.07, 6.45) is 1.42. The minimum atomic E-state index is -0.557. The van der Waals surface area contributed by atoms with Crippen LogP contribution < -0.4 is 9.47 Å². The second-order valence-electron chi connectivity index (χ2n) is 3.68. The molecule has 20 heavy (non-hydrogen) atoms. The largest absolute Gasteiger partial charge is 0.490 e. The van der Waals surface area contributed by atoms with Gasteiger partial charge in [-0.1, -0.05) is 0 Å². The van der Waals surface area contributed by atoms with Crippen LogP contribution in [0.1, 0.15) is 5.69 Å². The van der Waals surface area contributed by atoms with Gasteiger partial charge in [-0.15, -0.1) is 0 Å². The first-order valence-corrected chi connectivity index (χ1v) is 5.50. The van der Waals surface area contributed by atoms with Gasteiger partial charge in [-0.3, -0.25) is 10.1 Å². The highest BCUT2D eigenvalue weighted by Gasteiger charge is 2.16. The van der Waals surface area contributed by atoms with Gasteiger partial charge >= 0.3 is 5.69 Å². The molecule has 2 rings (SSSR count). The van der Waals surface area contributed by atoms with Crippen LogP contribution in [0.25, 0.3) is 0 Å². The normalized spacial score (nSPS) is 9.60. The monoisotopic (exact) mass is 271 g/mol. The minimum Gasteiger partial charge on any atom is -0.490 e. The molecule has 0 radical (unpaired) electrons. The van der Waals surface area contributed by atoms with Crippen molar-refractivity contribution >= 4 is 5.69 Å². The molecular weight excluding hydrogens is 262 g/mol. The van der Waals surface area contributed by atoms with E-state index >= 15 is 0 Å². The molecule has 7 heteroatoms. The number of nitro groups is 1. The van der Waals surface area contributed by atoms with E-state index in [2.05, 4.69) is 4.98 Å². The Hall–Kier alpha value is -3.14. The van der Waals surface area contributed by atoms with Crippen molar-refractivity contribution in [3.63, 3.8) is 0 Å². The Morgan fingerprint density at radius 2 is 2.05 bits per heavy atom. The Labute approximate surface area is 114 Å². The molecule has 1 aromatic carbocycles. The standard InChI is InChI=1S/C13H9N3O4/c1-19-13-3-2-10(7-12(13)16(17)18)20-11-4-5-15-9(6-11)8-14/h2-7H,1H3. The fraction of sp³-hybridized carbons (Fsp3) is 0.0769. The van der Waals surface area contributed by atoms with Crippen LogP contribution >= 0.6 is 0 Å².